The summed E-state index contributed by atoms with van der Waals surface area (Å²) in [7, 11) is 0. The molecule has 158 valence electrons. The van der Waals surface area contributed by atoms with E-state index in [1.165, 1.54) is 0 Å². The summed E-state index contributed by atoms with van der Waals surface area (Å²) in [5.41, 5.74) is 5.07. The molecule has 1 N–H and O–H groups in total. The smallest absolute Gasteiger partial charge is 0.162 e. The van der Waals surface area contributed by atoms with Crippen LogP contribution in [0, 0.1) is 16.7 Å². The van der Waals surface area contributed by atoms with Gasteiger partial charge in [-0.1, -0.05) is 54.0 Å². The Morgan fingerprint density at radius 3 is 2.45 bits per heavy atom. The van der Waals surface area contributed by atoms with E-state index >= 15 is 0 Å². The van der Waals surface area contributed by atoms with Crippen molar-refractivity contribution in [2.24, 2.45) is 5.41 Å². The minimum Gasteiger partial charge on any atom is -0.489 e. The van der Waals surface area contributed by atoms with E-state index in [9.17, 15) is 10.1 Å². The standard InChI is InChI=1S/C26H25BrN2O2/c1-16-21(14-28)24(25-22(29-16)12-26(2,3)13-23(25)30)18-6-10-20(11-7-18)31-15-17-4-8-19(27)9-5-17/h4-11,24,29H,12-13,15H2,1-3H3. The van der Waals surface area contributed by atoms with Crippen LogP contribution in [0.3, 0.4) is 0 Å². The first kappa shape index (κ1) is 21.4. The Hall–Kier alpha value is -2.84. The van der Waals surface area contributed by atoms with E-state index < -0.39 is 0 Å². The van der Waals surface area contributed by atoms with E-state index in [4.69, 9.17) is 4.74 Å². The molecule has 0 amide bonds. The minimum absolute atomic E-state index is 0.0807. The fraction of sp³-hybridized carbons (Fsp3) is 0.308. The molecule has 1 unspecified atom stereocenters. The Bertz CT molecular complexity index is 1120. The molecule has 0 fully saturated rings. The second-order valence-corrected chi connectivity index (χ2v) is 9.94. The van der Waals surface area contributed by atoms with Crippen LogP contribution in [0.4, 0.5) is 0 Å². The average Bonchev–Trinajstić information content (AvgIpc) is 2.72. The Morgan fingerprint density at radius 2 is 1.81 bits per heavy atom. The summed E-state index contributed by atoms with van der Waals surface area (Å²) >= 11 is 3.44. The third-order valence-corrected chi connectivity index (χ3v) is 6.42. The van der Waals surface area contributed by atoms with E-state index in [0.717, 1.165) is 44.7 Å². The number of halogens is 1. The fourth-order valence-corrected chi connectivity index (χ4v) is 4.69. The molecule has 1 atom stereocenters. The lowest BCUT2D eigenvalue weighted by molar-refractivity contribution is -0.118. The van der Waals surface area contributed by atoms with Crippen molar-refractivity contribution >= 4 is 21.7 Å². The number of nitriles is 1. The van der Waals surface area contributed by atoms with Crippen LogP contribution in [0.25, 0.3) is 0 Å². The summed E-state index contributed by atoms with van der Waals surface area (Å²) in [6.45, 7) is 6.62. The second kappa shape index (κ2) is 8.36. The zero-order valence-corrected chi connectivity index (χ0v) is 19.5. The van der Waals surface area contributed by atoms with Gasteiger partial charge in [0.25, 0.3) is 0 Å². The molecular weight excluding hydrogens is 452 g/mol. The maximum Gasteiger partial charge on any atom is 0.162 e. The highest BCUT2D eigenvalue weighted by Crippen LogP contribution is 2.46. The summed E-state index contributed by atoms with van der Waals surface area (Å²) < 4.78 is 6.96. The summed E-state index contributed by atoms with van der Waals surface area (Å²) in [5, 5.41) is 13.2. The molecule has 31 heavy (non-hydrogen) atoms. The van der Waals surface area contributed by atoms with E-state index in [2.05, 4.69) is 41.2 Å². The molecule has 4 rings (SSSR count). The van der Waals surface area contributed by atoms with Crippen LogP contribution in [0.2, 0.25) is 0 Å². The van der Waals surface area contributed by atoms with Gasteiger partial charge in [0.05, 0.1) is 17.6 Å². The van der Waals surface area contributed by atoms with Crippen molar-refractivity contribution in [2.45, 2.75) is 46.1 Å². The number of rotatable bonds is 4. The van der Waals surface area contributed by atoms with Crippen LogP contribution in [-0.2, 0) is 11.4 Å². The number of allylic oxidation sites excluding steroid dienone is 4. The number of hydrogen-bond donors (Lipinski definition) is 1. The Balaban J connectivity index is 1.61. The maximum atomic E-state index is 13.1. The largest absolute Gasteiger partial charge is 0.489 e. The molecule has 1 aliphatic heterocycles. The van der Waals surface area contributed by atoms with Crippen molar-refractivity contribution in [3.63, 3.8) is 0 Å². The predicted molar refractivity (Wildman–Crippen MR) is 124 cm³/mol. The zero-order valence-electron chi connectivity index (χ0n) is 18.0. The monoisotopic (exact) mass is 476 g/mol. The molecule has 0 spiro atoms. The number of nitrogens with zero attached hydrogens (tertiary/aromatic N) is 1. The molecule has 0 saturated heterocycles. The highest BCUT2D eigenvalue weighted by atomic mass is 79.9. The lowest BCUT2D eigenvalue weighted by Crippen LogP contribution is -2.36. The molecule has 1 heterocycles. The maximum absolute atomic E-state index is 13.1. The molecule has 0 bridgehead atoms. The Kier molecular flexibility index (Phi) is 5.77. The number of carbonyl (C=O) groups excluding carboxylic acids is 1. The topological polar surface area (TPSA) is 62.1 Å². The second-order valence-electron chi connectivity index (χ2n) is 9.03. The van der Waals surface area contributed by atoms with Crippen molar-refractivity contribution in [2.75, 3.05) is 0 Å². The molecule has 1 aliphatic carbocycles. The summed E-state index contributed by atoms with van der Waals surface area (Å²) in [6, 6.07) is 18.1. The first-order valence-corrected chi connectivity index (χ1v) is 11.2. The average molecular weight is 477 g/mol. The van der Waals surface area contributed by atoms with Crippen molar-refractivity contribution < 1.29 is 9.53 Å². The van der Waals surface area contributed by atoms with Crippen LogP contribution in [-0.4, -0.2) is 5.78 Å². The number of ether oxygens (including phenoxy) is 1. The molecule has 5 heteroatoms. The predicted octanol–water partition coefficient (Wildman–Crippen LogP) is 6.16. The van der Waals surface area contributed by atoms with Crippen molar-refractivity contribution in [3.05, 3.63) is 86.7 Å². The van der Waals surface area contributed by atoms with Gasteiger partial charge in [-0.2, -0.15) is 5.26 Å². The molecule has 2 aliphatic rings. The van der Waals surface area contributed by atoms with Gasteiger partial charge in [-0.05, 0) is 54.2 Å². The van der Waals surface area contributed by atoms with Gasteiger partial charge in [-0.15, -0.1) is 0 Å². The fourth-order valence-electron chi connectivity index (χ4n) is 4.42. The third kappa shape index (κ3) is 4.45. The van der Waals surface area contributed by atoms with Gasteiger partial charge >= 0.3 is 0 Å². The van der Waals surface area contributed by atoms with Crippen molar-refractivity contribution in [3.8, 4) is 11.8 Å². The number of hydrogen-bond acceptors (Lipinski definition) is 4. The van der Waals surface area contributed by atoms with Gasteiger partial charge in [0.1, 0.15) is 12.4 Å². The highest BCUT2D eigenvalue weighted by Gasteiger charge is 2.41. The van der Waals surface area contributed by atoms with Gasteiger partial charge in [0.15, 0.2) is 5.78 Å². The first-order chi connectivity index (χ1) is 14.8. The Labute approximate surface area is 191 Å². The van der Waals surface area contributed by atoms with Crippen molar-refractivity contribution in [1.82, 2.24) is 5.32 Å². The number of Topliss-reactive ketones (excluding diaryl/α,β-unsaturated/α-hetero) is 1. The molecule has 0 radical (unpaired) electrons. The number of nitrogens with one attached hydrogen (secondary N) is 1. The van der Waals surface area contributed by atoms with Gasteiger partial charge in [0, 0.05) is 27.9 Å². The van der Waals surface area contributed by atoms with Crippen LogP contribution in [0.5, 0.6) is 5.75 Å². The van der Waals surface area contributed by atoms with E-state index in [0.29, 0.717) is 18.6 Å². The van der Waals surface area contributed by atoms with Gasteiger partial charge in [-0.25, -0.2) is 0 Å². The van der Waals surface area contributed by atoms with Crippen LogP contribution in [0.15, 0.2) is 75.5 Å². The molecule has 4 nitrogen and oxygen atoms in total. The summed E-state index contributed by atoms with van der Waals surface area (Å²) in [5.74, 6) is 0.551. The highest BCUT2D eigenvalue weighted by molar-refractivity contribution is 9.10. The number of ketones is 1. The molecule has 0 aromatic heterocycles. The van der Waals surface area contributed by atoms with Gasteiger partial charge in [-0.3, -0.25) is 4.79 Å². The molecule has 2 aromatic carbocycles. The number of dihydropyridines is 1. The van der Waals surface area contributed by atoms with Gasteiger partial charge < -0.3 is 10.1 Å². The summed E-state index contributed by atoms with van der Waals surface area (Å²) in [6.07, 6.45) is 1.30. The van der Waals surface area contributed by atoms with E-state index in [1.807, 2.05) is 55.5 Å². The Morgan fingerprint density at radius 1 is 1.13 bits per heavy atom. The molecular formula is C26H25BrN2O2. The number of benzene rings is 2. The molecule has 2 aromatic rings. The lowest BCUT2D eigenvalue weighted by atomic mass is 9.69. The van der Waals surface area contributed by atoms with Crippen LogP contribution < -0.4 is 10.1 Å². The third-order valence-electron chi connectivity index (χ3n) is 5.89. The number of carbonyl (C=O) groups is 1. The first-order valence-electron chi connectivity index (χ1n) is 10.4. The van der Waals surface area contributed by atoms with E-state index in [1.54, 1.807) is 0 Å². The van der Waals surface area contributed by atoms with Gasteiger partial charge in [0.2, 0.25) is 0 Å². The SMILES string of the molecule is CC1=C(C#N)C(c2ccc(OCc3ccc(Br)cc3)cc2)C2=C(CC(C)(C)CC2=O)N1. The minimum atomic E-state index is -0.328. The van der Waals surface area contributed by atoms with Crippen LogP contribution >= 0.6 is 15.9 Å². The zero-order chi connectivity index (χ0) is 22.2. The van der Waals surface area contributed by atoms with E-state index in [-0.39, 0.29) is 17.1 Å². The summed E-state index contributed by atoms with van der Waals surface area (Å²) in [4.78, 5) is 13.1. The molecule has 0 saturated carbocycles. The quantitative estimate of drug-likeness (QED) is 0.573. The van der Waals surface area contributed by atoms with Crippen molar-refractivity contribution in [1.29, 1.82) is 5.26 Å². The lowest BCUT2D eigenvalue weighted by Gasteiger charge is -2.38. The van der Waals surface area contributed by atoms with Crippen LogP contribution in [0.1, 0.15) is 50.7 Å². The normalized spacial score (nSPS) is 20.1.